The summed E-state index contributed by atoms with van der Waals surface area (Å²) in [6.07, 6.45) is 1.92. The van der Waals surface area contributed by atoms with Crippen molar-refractivity contribution in [3.05, 3.63) is 0 Å². The van der Waals surface area contributed by atoms with Crippen molar-refractivity contribution >= 4 is 5.91 Å². The Morgan fingerprint density at radius 2 is 2.00 bits per heavy atom. The monoisotopic (exact) mass is 254 g/mol. The summed E-state index contributed by atoms with van der Waals surface area (Å²) in [5.41, 5.74) is 0. The lowest BCUT2D eigenvalue weighted by Gasteiger charge is -2.29. The molecule has 1 saturated carbocycles. The number of likely N-dealkylation sites (tertiary alicyclic amines) is 1. The van der Waals surface area contributed by atoms with E-state index in [1.807, 2.05) is 4.90 Å². The predicted octanol–water partition coefficient (Wildman–Crippen LogP) is -0.452. The second-order valence-electron chi connectivity index (χ2n) is 5.76. The molecule has 5 heteroatoms. The highest BCUT2D eigenvalue weighted by Gasteiger charge is 2.42. The van der Waals surface area contributed by atoms with Crippen LogP contribution in [0.2, 0.25) is 0 Å². The molecular weight excluding hydrogens is 232 g/mol. The molecular formula is C13H22N2O3. The summed E-state index contributed by atoms with van der Waals surface area (Å²) in [5, 5.41) is 9.86. The first kappa shape index (κ1) is 12.4. The van der Waals surface area contributed by atoms with Gasteiger partial charge >= 0.3 is 0 Å². The van der Waals surface area contributed by atoms with Crippen LogP contribution in [0.1, 0.15) is 12.8 Å². The largest absolute Gasteiger partial charge is 0.393 e. The van der Waals surface area contributed by atoms with Crippen LogP contribution in [-0.2, 0) is 9.53 Å². The van der Waals surface area contributed by atoms with Gasteiger partial charge in [0.15, 0.2) is 0 Å². The van der Waals surface area contributed by atoms with Gasteiger partial charge in [-0.3, -0.25) is 9.69 Å². The van der Waals surface area contributed by atoms with Crippen LogP contribution in [0.15, 0.2) is 0 Å². The standard InChI is InChI=1S/C13H22N2O3/c16-12-2-1-10-7-14(8-11(10)12)9-13(17)15-3-5-18-6-4-15/h10-12,16H,1-9H2. The highest BCUT2D eigenvalue weighted by Crippen LogP contribution is 2.37. The second kappa shape index (κ2) is 5.15. The maximum absolute atomic E-state index is 12.1. The number of rotatable bonds is 2. The number of fused-ring (bicyclic) bond motifs is 1. The molecule has 0 aromatic heterocycles. The number of hydrogen-bond acceptors (Lipinski definition) is 4. The summed E-state index contributed by atoms with van der Waals surface area (Å²) in [7, 11) is 0. The van der Waals surface area contributed by atoms with Crippen molar-refractivity contribution in [2.45, 2.75) is 18.9 Å². The van der Waals surface area contributed by atoms with Crippen molar-refractivity contribution < 1.29 is 14.6 Å². The molecule has 0 bridgehead atoms. The van der Waals surface area contributed by atoms with E-state index in [2.05, 4.69) is 4.90 Å². The van der Waals surface area contributed by atoms with Crippen LogP contribution in [0.4, 0.5) is 0 Å². The smallest absolute Gasteiger partial charge is 0.236 e. The normalized spacial score (nSPS) is 36.9. The molecule has 2 heterocycles. The molecule has 0 aromatic rings. The van der Waals surface area contributed by atoms with E-state index in [4.69, 9.17) is 4.74 Å². The van der Waals surface area contributed by atoms with Crippen LogP contribution in [0.25, 0.3) is 0 Å². The average Bonchev–Trinajstić information content (AvgIpc) is 2.93. The van der Waals surface area contributed by atoms with E-state index < -0.39 is 0 Å². The van der Waals surface area contributed by atoms with Gasteiger partial charge in [0, 0.05) is 32.1 Å². The van der Waals surface area contributed by atoms with Crippen LogP contribution in [-0.4, -0.2) is 72.9 Å². The van der Waals surface area contributed by atoms with Gasteiger partial charge in [-0.05, 0) is 18.8 Å². The summed E-state index contributed by atoms with van der Waals surface area (Å²) >= 11 is 0. The fourth-order valence-corrected chi connectivity index (χ4v) is 3.56. The lowest BCUT2D eigenvalue weighted by molar-refractivity contribution is -0.136. The minimum atomic E-state index is -0.140. The molecule has 3 unspecified atom stereocenters. The van der Waals surface area contributed by atoms with Crippen LogP contribution >= 0.6 is 0 Å². The van der Waals surface area contributed by atoms with Gasteiger partial charge in [0.05, 0.1) is 25.9 Å². The molecule has 0 radical (unpaired) electrons. The minimum absolute atomic E-state index is 0.140. The van der Waals surface area contributed by atoms with E-state index in [9.17, 15) is 9.90 Å². The van der Waals surface area contributed by atoms with Crippen molar-refractivity contribution in [2.75, 3.05) is 45.9 Å². The third kappa shape index (κ3) is 2.39. The number of carbonyl (C=O) groups excluding carboxylic acids is 1. The SMILES string of the molecule is O=C(CN1CC2CCC(O)C2C1)N1CCOCC1. The van der Waals surface area contributed by atoms with E-state index in [0.717, 1.165) is 39.0 Å². The van der Waals surface area contributed by atoms with Gasteiger partial charge in [0.1, 0.15) is 0 Å². The second-order valence-corrected chi connectivity index (χ2v) is 5.76. The quantitative estimate of drug-likeness (QED) is 0.725. The van der Waals surface area contributed by atoms with Gasteiger partial charge in [0.2, 0.25) is 5.91 Å². The number of morpholine rings is 1. The molecule has 3 atom stereocenters. The molecule has 1 N–H and O–H groups in total. The third-order valence-corrected chi connectivity index (χ3v) is 4.62. The Hall–Kier alpha value is -0.650. The Kier molecular flexibility index (Phi) is 3.54. The van der Waals surface area contributed by atoms with Crippen molar-refractivity contribution in [2.24, 2.45) is 11.8 Å². The third-order valence-electron chi connectivity index (χ3n) is 4.62. The Labute approximate surface area is 108 Å². The first-order chi connectivity index (χ1) is 8.74. The molecule has 18 heavy (non-hydrogen) atoms. The first-order valence-electron chi connectivity index (χ1n) is 7.00. The molecule has 0 aromatic carbocycles. The molecule has 102 valence electrons. The van der Waals surface area contributed by atoms with Gasteiger partial charge in [0.25, 0.3) is 0 Å². The van der Waals surface area contributed by atoms with Gasteiger partial charge in [-0.2, -0.15) is 0 Å². The molecule has 2 saturated heterocycles. The minimum Gasteiger partial charge on any atom is -0.393 e. The van der Waals surface area contributed by atoms with Crippen molar-refractivity contribution in [3.63, 3.8) is 0 Å². The average molecular weight is 254 g/mol. The molecule has 3 aliphatic rings. The number of aliphatic hydroxyl groups is 1. The van der Waals surface area contributed by atoms with Crippen LogP contribution in [0.5, 0.6) is 0 Å². The Morgan fingerprint density at radius 1 is 1.22 bits per heavy atom. The molecule has 3 rings (SSSR count). The summed E-state index contributed by atoms with van der Waals surface area (Å²) < 4.78 is 5.25. The predicted molar refractivity (Wildman–Crippen MR) is 66.1 cm³/mol. The number of nitrogens with zero attached hydrogens (tertiary/aromatic N) is 2. The number of hydrogen-bond donors (Lipinski definition) is 1. The Bertz CT molecular complexity index is 317. The van der Waals surface area contributed by atoms with E-state index in [-0.39, 0.29) is 12.0 Å². The maximum Gasteiger partial charge on any atom is 0.236 e. The number of carbonyl (C=O) groups is 1. The fourth-order valence-electron chi connectivity index (χ4n) is 3.56. The van der Waals surface area contributed by atoms with E-state index >= 15 is 0 Å². The maximum atomic E-state index is 12.1. The van der Waals surface area contributed by atoms with Crippen LogP contribution in [0.3, 0.4) is 0 Å². The van der Waals surface area contributed by atoms with Crippen LogP contribution < -0.4 is 0 Å². The van der Waals surface area contributed by atoms with Crippen LogP contribution in [0, 0.1) is 11.8 Å². The lowest BCUT2D eigenvalue weighted by atomic mass is 10.00. The highest BCUT2D eigenvalue weighted by atomic mass is 16.5. The fraction of sp³-hybridized carbons (Fsp3) is 0.923. The van der Waals surface area contributed by atoms with E-state index in [1.54, 1.807) is 0 Å². The van der Waals surface area contributed by atoms with Gasteiger partial charge in [-0.1, -0.05) is 0 Å². The van der Waals surface area contributed by atoms with Crippen molar-refractivity contribution in [1.82, 2.24) is 9.80 Å². The molecule has 1 aliphatic carbocycles. The van der Waals surface area contributed by atoms with Gasteiger partial charge in [-0.25, -0.2) is 0 Å². The van der Waals surface area contributed by atoms with E-state index in [1.165, 1.54) is 0 Å². The summed E-state index contributed by atoms with van der Waals surface area (Å²) in [6.45, 7) is 5.16. The highest BCUT2D eigenvalue weighted by molar-refractivity contribution is 5.78. The molecule has 1 amide bonds. The summed E-state index contributed by atoms with van der Waals surface area (Å²) in [6, 6.07) is 0. The Balaban J connectivity index is 1.50. The molecule has 5 nitrogen and oxygen atoms in total. The zero-order chi connectivity index (χ0) is 12.5. The first-order valence-corrected chi connectivity index (χ1v) is 7.00. The topological polar surface area (TPSA) is 53.0 Å². The zero-order valence-electron chi connectivity index (χ0n) is 10.8. The zero-order valence-corrected chi connectivity index (χ0v) is 10.8. The number of amides is 1. The molecule has 3 fully saturated rings. The van der Waals surface area contributed by atoms with E-state index in [0.29, 0.717) is 31.6 Å². The van der Waals surface area contributed by atoms with Crippen molar-refractivity contribution in [1.29, 1.82) is 0 Å². The number of ether oxygens (including phenoxy) is 1. The molecule has 0 spiro atoms. The lowest BCUT2D eigenvalue weighted by Crippen LogP contribution is -2.45. The van der Waals surface area contributed by atoms with Crippen molar-refractivity contribution in [3.8, 4) is 0 Å². The summed E-state index contributed by atoms with van der Waals surface area (Å²) in [4.78, 5) is 16.2. The van der Waals surface area contributed by atoms with Gasteiger partial charge < -0.3 is 14.7 Å². The molecule has 2 aliphatic heterocycles. The van der Waals surface area contributed by atoms with Gasteiger partial charge in [-0.15, -0.1) is 0 Å². The number of aliphatic hydroxyl groups excluding tert-OH is 1. The summed E-state index contributed by atoms with van der Waals surface area (Å²) in [5.74, 6) is 1.23. The Morgan fingerprint density at radius 3 is 2.72 bits per heavy atom.